The van der Waals surface area contributed by atoms with Crippen LogP contribution in [0.25, 0.3) is 0 Å². The SMILES string of the molecule is CC(C)c1ccc2c(c1)[C@@H](C)CCC2c1ccccc1. The van der Waals surface area contributed by atoms with Crippen molar-refractivity contribution in [3.05, 3.63) is 70.8 Å². The normalized spacial score (nSPS) is 21.8. The Balaban J connectivity index is 2.06. The van der Waals surface area contributed by atoms with Gasteiger partial charge < -0.3 is 0 Å². The second-order valence-corrected chi connectivity index (χ2v) is 6.48. The molecule has 0 spiro atoms. The van der Waals surface area contributed by atoms with Crippen LogP contribution in [0.15, 0.2) is 48.5 Å². The third-order valence-electron chi connectivity index (χ3n) is 4.77. The molecule has 0 aliphatic heterocycles. The van der Waals surface area contributed by atoms with Gasteiger partial charge in [0.15, 0.2) is 0 Å². The first kappa shape index (κ1) is 13.4. The average Bonchev–Trinajstić information content (AvgIpc) is 2.48. The van der Waals surface area contributed by atoms with Crippen LogP contribution in [0.1, 0.15) is 73.6 Å². The first-order valence-corrected chi connectivity index (χ1v) is 7.85. The molecule has 1 aliphatic carbocycles. The quantitative estimate of drug-likeness (QED) is 0.639. The highest BCUT2D eigenvalue weighted by atomic mass is 14.3. The summed E-state index contributed by atoms with van der Waals surface area (Å²) >= 11 is 0. The standard InChI is InChI=1S/C20H24/c1-14(2)17-10-12-19-18(16-7-5-4-6-8-16)11-9-15(3)20(19)13-17/h4-8,10,12-15,18H,9,11H2,1-3H3/t15-,18?/m0/s1. The fourth-order valence-electron chi connectivity index (χ4n) is 3.46. The van der Waals surface area contributed by atoms with E-state index in [0.717, 1.165) is 0 Å². The first-order valence-electron chi connectivity index (χ1n) is 7.85. The number of rotatable bonds is 2. The van der Waals surface area contributed by atoms with Crippen LogP contribution in [0.2, 0.25) is 0 Å². The molecule has 2 atom stereocenters. The summed E-state index contributed by atoms with van der Waals surface area (Å²) in [4.78, 5) is 0. The van der Waals surface area contributed by atoms with E-state index in [4.69, 9.17) is 0 Å². The van der Waals surface area contributed by atoms with Crippen molar-refractivity contribution in [3.8, 4) is 0 Å². The first-order chi connectivity index (χ1) is 9.66. The molecule has 0 N–H and O–H groups in total. The van der Waals surface area contributed by atoms with Gasteiger partial charge >= 0.3 is 0 Å². The Kier molecular flexibility index (Phi) is 3.65. The number of hydrogen-bond acceptors (Lipinski definition) is 0. The Labute approximate surface area is 122 Å². The molecule has 0 radical (unpaired) electrons. The fraction of sp³-hybridized carbons (Fsp3) is 0.400. The molecule has 3 rings (SSSR count). The van der Waals surface area contributed by atoms with Gasteiger partial charge in [0.05, 0.1) is 0 Å². The van der Waals surface area contributed by atoms with Gasteiger partial charge in [0, 0.05) is 5.92 Å². The van der Waals surface area contributed by atoms with Crippen LogP contribution in [-0.4, -0.2) is 0 Å². The lowest BCUT2D eigenvalue weighted by atomic mass is 9.74. The maximum Gasteiger partial charge on any atom is 0.00923 e. The number of hydrogen-bond donors (Lipinski definition) is 0. The van der Waals surface area contributed by atoms with Gasteiger partial charge in [-0.25, -0.2) is 0 Å². The van der Waals surface area contributed by atoms with E-state index in [2.05, 4.69) is 69.3 Å². The third kappa shape index (κ3) is 2.40. The lowest BCUT2D eigenvalue weighted by Gasteiger charge is -2.31. The molecule has 0 fully saturated rings. The monoisotopic (exact) mass is 264 g/mol. The van der Waals surface area contributed by atoms with Crippen molar-refractivity contribution < 1.29 is 0 Å². The van der Waals surface area contributed by atoms with Crippen molar-refractivity contribution in [3.63, 3.8) is 0 Å². The predicted octanol–water partition coefficient (Wildman–Crippen LogP) is 5.84. The van der Waals surface area contributed by atoms with Crippen molar-refractivity contribution in [2.45, 2.75) is 51.4 Å². The van der Waals surface area contributed by atoms with Crippen molar-refractivity contribution in [1.82, 2.24) is 0 Å². The van der Waals surface area contributed by atoms with E-state index >= 15 is 0 Å². The zero-order valence-electron chi connectivity index (χ0n) is 12.8. The molecule has 1 unspecified atom stereocenters. The summed E-state index contributed by atoms with van der Waals surface area (Å²) in [6.45, 7) is 6.94. The third-order valence-corrected chi connectivity index (χ3v) is 4.77. The van der Waals surface area contributed by atoms with Crippen LogP contribution in [0, 0.1) is 0 Å². The number of fused-ring (bicyclic) bond motifs is 1. The van der Waals surface area contributed by atoms with Crippen LogP contribution >= 0.6 is 0 Å². The van der Waals surface area contributed by atoms with E-state index in [1.807, 2.05) is 0 Å². The molecule has 0 nitrogen and oxygen atoms in total. The highest BCUT2D eigenvalue weighted by Crippen LogP contribution is 2.42. The van der Waals surface area contributed by atoms with Crippen LogP contribution in [-0.2, 0) is 0 Å². The maximum atomic E-state index is 2.46. The van der Waals surface area contributed by atoms with Crippen LogP contribution < -0.4 is 0 Å². The Hall–Kier alpha value is -1.56. The minimum Gasteiger partial charge on any atom is -0.0622 e. The molecule has 0 heterocycles. The van der Waals surface area contributed by atoms with Gasteiger partial charge in [-0.15, -0.1) is 0 Å². The predicted molar refractivity (Wildman–Crippen MR) is 86.5 cm³/mol. The van der Waals surface area contributed by atoms with Crippen LogP contribution in [0.5, 0.6) is 0 Å². The zero-order valence-corrected chi connectivity index (χ0v) is 12.8. The van der Waals surface area contributed by atoms with Gasteiger partial charge in [-0.05, 0) is 46.9 Å². The summed E-state index contributed by atoms with van der Waals surface area (Å²) in [7, 11) is 0. The summed E-state index contributed by atoms with van der Waals surface area (Å²) in [5, 5.41) is 0. The van der Waals surface area contributed by atoms with Gasteiger partial charge in [0.25, 0.3) is 0 Å². The molecule has 104 valence electrons. The molecule has 0 bridgehead atoms. The van der Waals surface area contributed by atoms with E-state index in [0.29, 0.717) is 17.8 Å². The Bertz CT molecular complexity index is 580. The molecular weight excluding hydrogens is 240 g/mol. The molecule has 0 saturated heterocycles. The minimum absolute atomic E-state index is 0.587. The van der Waals surface area contributed by atoms with E-state index in [1.165, 1.54) is 24.0 Å². The summed E-state index contributed by atoms with van der Waals surface area (Å²) in [5.74, 6) is 1.90. The molecule has 2 aromatic rings. The van der Waals surface area contributed by atoms with Crippen LogP contribution in [0.3, 0.4) is 0 Å². The van der Waals surface area contributed by atoms with Gasteiger partial charge in [-0.1, -0.05) is 69.3 Å². The van der Waals surface area contributed by atoms with Crippen molar-refractivity contribution >= 4 is 0 Å². The topological polar surface area (TPSA) is 0 Å². The van der Waals surface area contributed by atoms with Gasteiger partial charge in [-0.2, -0.15) is 0 Å². The van der Waals surface area contributed by atoms with Gasteiger partial charge in [0.2, 0.25) is 0 Å². The highest BCUT2D eigenvalue weighted by Gasteiger charge is 2.26. The summed E-state index contributed by atoms with van der Waals surface area (Å²) in [6, 6.07) is 18.2. The van der Waals surface area contributed by atoms with E-state index in [9.17, 15) is 0 Å². The Morgan fingerprint density at radius 1 is 0.900 bits per heavy atom. The largest absolute Gasteiger partial charge is 0.0622 e. The van der Waals surface area contributed by atoms with Crippen LogP contribution in [0.4, 0.5) is 0 Å². The molecule has 2 aromatic carbocycles. The Morgan fingerprint density at radius 2 is 1.65 bits per heavy atom. The smallest absolute Gasteiger partial charge is 0.00923 e. The molecule has 0 heteroatoms. The Morgan fingerprint density at radius 3 is 2.35 bits per heavy atom. The summed E-state index contributed by atoms with van der Waals surface area (Å²) in [5.41, 5.74) is 6.08. The average molecular weight is 264 g/mol. The molecule has 0 amide bonds. The van der Waals surface area contributed by atoms with Gasteiger partial charge in [-0.3, -0.25) is 0 Å². The molecule has 20 heavy (non-hydrogen) atoms. The second-order valence-electron chi connectivity index (χ2n) is 6.48. The van der Waals surface area contributed by atoms with Crippen molar-refractivity contribution in [2.75, 3.05) is 0 Å². The van der Waals surface area contributed by atoms with E-state index in [1.54, 1.807) is 11.1 Å². The molecule has 0 aromatic heterocycles. The van der Waals surface area contributed by atoms with Crippen molar-refractivity contribution in [2.24, 2.45) is 0 Å². The lowest BCUT2D eigenvalue weighted by Crippen LogP contribution is -2.14. The highest BCUT2D eigenvalue weighted by molar-refractivity contribution is 5.44. The minimum atomic E-state index is 0.587. The molecule has 0 saturated carbocycles. The summed E-state index contributed by atoms with van der Waals surface area (Å²) < 4.78 is 0. The molecule has 1 aliphatic rings. The zero-order chi connectivity index (χ0) is 14.1. The summed E-state index contributed by atoms with van der Waals surface area (Å²) in [6.07, 6.45) is 2.58. The fourth-order valence-corrected chi connectivity index (χ4v) is 3.46. The maximum absolute atomic E-state index is 2.46. The number of benzene rings is 2. The van der Waals surface area contributed by atoms with E-state index in [-0.39, 0.29) is 0 Å². The van der Waals surface area contributed by atoms with Crippen molar-refractivity contribution in [1.29, 1.82) is 0 Å². The van der Waals surface area contributed by atoms with Gasteiger partial charge in [0.1, 0.15) is 0 Å². The molecular formula is C20H24. The lowest BCUT2D eigenvalue weighted by molar-refractivity contribution is 0.544. The second kappa shape index (κ2) is 5.44. The van der Waals surface area contributed by atoms with E-state index < -0.39 is 0 Å².